The molecule has 106 valence electrons. The summed E-state index contributed by atoms with van der Waals surface area (Å²) >= 11 is 0. The van der Waals surface area contributed by atoms with Crippen molar-refractivity contribution in [1.29, 1.82) is 0 Å². The van der Waals surface area contributed by atoms with Gasteiger partial charge in [0.1, 0.15) is 5.60 Å². The summed E-state index contributed by atoms with van der Waals surface area (Å²) in [6.07, 6.45) is 3.14. The fraction of sp³-hybridized carbons (Fsp3) is 0.923. The Labute approximate surface area is 110 Å². The molecule has 1 fully saturated rings. The zero-order chi connectivity index (χ0) is 13.6. The van der Waals surface area contributed by atoms with Gasteiger partial charge in [-0.2, -0.15) is 0 Å². The van der Waals surface area contributed by atoms with Crippen LogP contribution in [0.5, 0.6) is 0 Å². The third-order valence-electron chi connectivity index (χ3n) is 2.84. The lowest BCUT2D eigenvalue weighted by atomic mass is 10.2. The smallest absolute Gasteiger partial charge is 0.407 e. The minimum Gasteiger partial charge on any atom is -0.444 e. The Morgan fingerprint density at radius 1 is 1.44 bits per heavy atom. The standard InChI is InChI=1S/C13H27N3O2/c1-13(2,3)18-12(17)15-7-6-11(8-14)16-9-10-4-5-10/h10-11,16H,4-9,14H2,1-3H3,(H,15,17). The number of nitrogens with two attached hydrogens (primary N) is 1. The second-order valence-corrected chi connectivity index (χ2v) is 6.00. The number of carbonyl (C=O) groups is 1. The van der Waals surface area contributed by atoms with Crippen LogP contribution in [0.15, 0.2) is 0 Å². The molecule has 1 aliphatic carbocycles. The van der Waals surface area contributed by atoms with Gasteiger partial charge in [-0.25, -0.2) is 4.79 Å². The summed E-state index contributed by atoms with van der Waals surface area (Å²) in [4.78, 5) is 11.4. The van der Waals surface area contributed by atoms with E-state index >= 15 is 0 Å². The van der Waals surface area contributed by atoms with Gasteiger partial charge in [-0.05, 0) is 52.5 Å². The van der Waals surface area contributed by atoms with E-state index in [2.05, 4.69) is 10.6 Å². The van der Waals surface area contributed by atoms with E-state index in [1.807, 2.05) is 20.8 Å². The molecule has 0 heterocycles. The Bertz CT molecular complexity index is 259. The predicted molar refractivity (Wildman–Crippen MR) is 72.4 cm³/mol. The van der Waals surface area contributed by atoms with Crippen molar-refractivity contribution in [2.24, 2.45) is 11.7 Å². The van der Waals surface area contributed by atoms with E-state index in [0.29, 0.717) is 13.1 Å². The highest BCUT2D eigenvalue weighted by Gasteiger charge is 2.22. The number of hydrogen-bond acceptors (Lipinski definition) is 4. The fourth-order valence-corrected chi connectivity index (χ4v) is 1.62. The van der Waals surface area contributed by atoms with Gasteiger partial charge in [0.05, 0.1) is 0 Å². The average Bonchev–Trinajstić information content (AvgIpc) is 3.04. The molecule has 0 spiro atoms. The van der Waals surface area contributed by atoms with Crippen LogP contribution in [0, 0.1) is 5.92 Å². The van der Waals surface area contributed by atoms with Gasteiger partial charge in [-0.3, -0.25) is 0 Å². The molecule has 0 aliphatic heterocycles. The number of nitrogens with one attached hydrogen (secondary N) is 2. The number of amides is 1. The van der Waals surface area contributed by atoms with Crippen molar-refractivity contribution in [3.05, 3.63) is 0 Å². The van der Waals surface area contributed by atoms with Crippen LogP contribution in [0.4, 0.5) is 4.79 Å². The normalized spacial score (nSPS) is 17.3. The molecule has 1 amide bonds. The summed E-state index contributed by atoms with van der Waals surface area (Å²) in [6, 6.07) is 0.278. The Hall–Kier alpha value is -0.810. The highest BCUT2D eigenvalue weighted by molar-refractivity contribution is 5.67. The van der Waals surface area contributed by atoms with Crippen molar-refractivity contribution < 1.29 is 9.53 Å². The van der Waals surface area contributed by atoms with Crippen LogP contribution in [0.25, 0.3) is 0 Å². The summed E-state index contributed by atoms with van der Waals surface area (Å²) in [5.41, 5.74) is 5.25. The highest BCUT2D eigenvalue weighted by Crippen LogP contribution is 2.27. The van der Waals surface area contributed by atoms with E-state index < -0.39 is 5.60 Å². The lowest BCUT2D eigenvalue weighted by Crippen LogP contribution is -2.41. The molecule has 1 atom stereocenters. The molecule has 0 aromatic rings. The number of rotatable bonds is 7. The first-order valence-electron chi connectivity index (χ1n) is 6.81. The summed E-state index contributed by atoms with van der Waals surface area (Å²) in [5.74, 6) is 0.845. The van der Waals surface area contributed by atoms with E-state index in [9.17, 15) is 4.79 Å². The van der Waals surface area contributed by atoms with Gasteiger partial charge < -0.3 is 21.1 Å². The van der Waals surface area contributed by atoms with Crippen molar-refractivity contribution in [2.45, 2.75) is 51.7 Å². The van der Waals surface area contributed by atoms with Gasteiger partial charge in [0.25, 0.3) is 0 Å². The molecule has 1 unspecified atom stereocenters. The Morgan fingerprint density at radius 3 is 2.61 bits per heavy atom. The average molecular weight is 257 g/mol. The van der Waals surface area contributed by atoms with E-state index in [-0.39, 0.29) is 12.1 Å². The zero-order valence-corrected chi connectivity index (χ0v) is 11.8. The third-order valence-corrected chi connectivity index (χ3v) is 2.84. The number of ether oxygens (including phenoxy) is 1. The summed E-state index contributed by atoms with van der Waals surface area (Å²) in [7, 11) is 0. The van der Waals surface area contributed by atoms with Gasteiger partial charge in [-0.1, -0.05) is 0 Å². The maximum atomic E-state index is 11.4. The molecular formula is C13H27N3O2. The van der Waals surface area contributed by atoms with Gasteiger partial charge in [0.2, 0.25) is 0 Å². The molecule has 0 bridgehead atoms. The lowest BCUT2D eigenvalue weighted by molar-refractivity contribution is 0.0526. The molecule has 5 heteroatoms. The predicted octanol–water partition coefficient (Wildman–Crippen LogP) is 1.23. The maximum Gasteiger partial charge on any atom is 0.407 e. The summed E-state index contributed by atoms with van der Waals surface area (Å²) in [6.45, 7) is 7.80. The number of carbonyl (C=O) groups excluding carboxylic acids is 1. The Morgan fingerprint density at radius 2 is 2.11 bits per heavy atom. The largest absolute Gasteiger partial charge is 0.444 e. The van der Waals surface area contributed by atoms with E-state index in [4.69, 9.17) is 10.5 Å². The van der Waals surface area contributed by atoms with Crippen LogP contribution in [0.1, 0.15) is 40.0 Å². The lowest BCUT2D eigenvalue weighted by Gasteiger charge is -2.21. The number of alkyl carbamates (subject to hydrolysis) is 1. The van der Waals surface area contributed by atoms with Crippen molar-refractivity contribution in [2.75, 3.05) is 19.6 Å². The van der Waals surface area contributed by atoms with Crippen molar-refractivity contribution in [3.8, 4) is 0 Å². The number of hydrogen-bond donors (Lipinski definition) is 3. The SMILES string of the molecule is CC(C)(C)OC(=O)NCCC(CN)NCC1CC1. The molecule has 0 aromatic carbocycles. The topological polar surface area (TPSA) is 76.4 Å². The molecule has 0 radical (unpaired) electrons. The minimum absolute atomic E-state index is 0.278. The molecule has 1 saturated carbocycles. The van der Waals surface area contributed by atoms with Gasteiger partial charge >= 0.3 is 6.09 Å². The van der Waals surface area contributed by atoms with Crippen molar-refractivity contribution >= 4 is 6.09 Å². The van der Waals surface area contributed by atoms with Crippen LogP contribution in [0.2, 0.25) is 0 Å². The monoisotopic (exact) mass is 257 g/mol. The quantitative estimate of drug-likeness (QED) is 0.641. The molecule has 1 rings (SSSR count). The minimum atomic E-state index is -0.443. The van der Waals surface area contributed by atoms with Crippen LogP contribution in [0.3, 0.4) is 0 Å². The van der Waals surface area contributed by atoms with Crippen LogP contribution >= 0.6 is 0 Å². The summed E-state index contributed by atoms with van der Waals surface area (Å²) in [5, 5.41) is 6.19. The fourth-order valence-electron chi connectivity index (χ4n) is 1.62. The van der Waals surface area contributed by atoms with Crippen LogP contribution in [-0.2, 0) is 4.74 Å². The third kappa shape index (κ3) is 7.50. The molecule has 18 heavy (non-hydrogen) atoms. The first kappa shape index (κ1) is 15.2. The van der Waals surface area contributed by atoms with Crippen LogP contribution < -0.4 is 16.4 Å². The van der Waals surface area contributed by atoms with Crippen LogP contribution in [-0.4, -0.2) is 37.4 Å². The maximum absolute atomic E-state index is 11.4. The molecule has 1 aliphatic rings. The van der Waals surface area contributed by atoms with Gasteiger partial charge in [0.15, 0.2) is 0 Å². The van der Waals surface area contributed by atoms with E-state index in [1.54, 1.807) is 0 Å². The zero-order valence-electron chi connectivity index (χ0n) is 11.8. The van der Waals surface area contributed by atoms with Crippen molar-refractivity contribution in [1.82, 2.24) is 10.6 Å². The van der Waals surface area contributed by atoms with Gasteiger partial charge in [0, 0.05) is 19.1 Å². The molecule has 4 N–H and O–H groups in total. The van der Waals surface area contributed by atoms with E-state index in [1.165, 1.54) is 12.8 Å². The molecule has 5 nitrogen and oxygen atoms in total. The second-order valence-electron chi connectivity index (χ2n) is 6.00. The first-order valence-corrected chi connectivity index (χ1v) is 6.81. The Balaban J connectivity index is 2.08. The summed E-state index contributed by atoms with van der Waals surface area (Å²) < 4.78 is 5.16. The second kappa shape index (κ2) is 6.95. The van der Waals surface area contributed by atoms with E-state index in [0.717, 1.165) is 18.9 Å². The molecule has 0 saturated heterocycles. The molecule has 0 aromatic heterocycles. The highest BCUT2D eigenvalue weighted by atomic mass is 16.6. The van der Waals surface area contributed by atoms with Crippen molar-refractivity contribution in [3.63, 3.8) is 0 Å². The Kier molecular flexibility index (Phi) is 5.88. The molecular weight excluding hydrogens is 230 g/mol. The van der Waals surface area contributed by atoms with Gasteiger partial charge in [-0.15, -0.1) is 0 Å². The first-order chi connectivity index (χ1) is 8.40.